The molecular weight excluding hydrogens is 190 g/mol. The fourth-order valence-electron chi connectivity index (χ4n) is 2.52. The van der Waals surface area contributed by atoms with Gasteiger partial charge in [-0.15, -0.1) is 0 Å². The van der Waals surface area contributed by atoms with E-state index in [0.29, 0.717) is 12.4 Å². The lowest BCUT2D eigenvalue weighted by molar-refractivity contribution is -0.126. The minimum atomic E-state index is -0.155. The van der Waals surface area contributed by atoms with Gasteiger partial charge in [-0.3, -0.25) is 4.79 Å². The third kappa shape index (κ3) is 1.93. The maximum Gasteiger partial charge on any atom is 0.169 e. The molecule has 0 radical (unpaired) electrons. The average molecular weight is 209 g/mol. The molecule has 0 saturated carbocycles. The zero-order chi connectivity index (χ0) is 10.7. The van der Waals surface area contributed by atoms with E-state index in [1.54, 1.807) is 6.26 Å². The molecule has 0 aliphatic carbocycles. The van der Waals surface area contributed by atoms with Crippen molar-refractivity contribution in [1.82, 2.24) is 5.32 Å². The normalized spacial score (nSPS) is 30.9. The number of carbonyl (C=O) groups excluding carboxylic acids is 1. The van der Waals surface area contributed by atoms with Gasteiger partial charge in [0.2, 0.25) is 0 Å². The van der Waals surface area contributed by atoms with Crippen molar-refractivity contribution in [2.24, 2.45) is 5.41 Å². The van der Waals surface area contributed by atoms with E-state index in [9.17, 15) is 4.79 Å². The maximum absolute atomic E-state index is 12.4. The topological polar surface area (TPSA) is 38.3 Å². The molecule has 1 saturated heterocycles. The fraction of sp³-hybridized carbons (Fsp3) is 0.750. The van der Waals surface area contributed by atoms with E-state index in [1.165, 1.54) is 0 Å². The van der Waals surface area contributed by atoms with E-state index in [2.05, 4.69) is 12.2 Å². The highest BCUT2D eigenvalue weighted by Gasteiger charge is 2.39. The lowest BCUT2D eigenvalue weighted by atomic mass is 9.72. The molecule has 0 spiro atoms. The highest BCUT2D eigenvalue weighted by atomic mass is 16.5. The Bertz CT molecular complexity index is 277. The number of hydrogen-bond acceptors (Lipinski definition) is 3. The third-order valence-corrected chi connectivity index (χ3v) is 3.64. The largest absolute Gasteiger partial charge is 0.500 e. The van der Waals surface area contributed by atoms with Crippen LogP contribution in [0, 0.1) is 5.41 Å². The van der Waals surface area contributed by atoms with Gasteiger partial charge >= 0.3 is 0 Å². The average Bonchev–Trinajstić information content (AvgIpc) is 2.82. The second-order valence-electron chi connectivity index (χ2n) is 4.51. The first-order valence-corrected chi connectivity index (χ1v) is 5.85. The van der Waals surface area contributed by atoms with Gasteiger partial charge in [0.1, 0.15) is 0 Å². The summed E-state index contributed by atoms with van der Waals surface area (Å²) in [6, 6.07) is 0. The first-order chi connectivity index (χ1) is 7.28. The summed E-state index contributed by atoms with van der Waals surface area (Å²) in [5, 5.41) is 3.34. The van der Waals surface area contributed by atoms with Gasteiger partial charge in [-0.1, -0.05) is 6.92 Å². The fourth-order valence-corrected chi connectivity index (χ4v) is 2.52. The van der Waals surface area contributed by atoms with Crippen molar-refractivity contribution in [2.45, 2.75) is 32.6 Å². The first-order valence-electron chi connectivity index (χ1n) is 5.85. The summed E-state index contributed by atoms with van der Waals surface area (Å²) in [6.45, 7) is 4.67. The molecule has 0 aromatic rings. The molecule has 2 heterocycles. The molecule has 84 valence electrons. The molecule has 0 aromatic heterocycles. The van der Waals surface area contributed by atoms with Crippen LogP contribution in [0.25, 0.3) is 0 Å². The zero-order valence-electron chi connectivity index (χ0n) is 9.34. The number of nitrogens with one attached hydrogen (secondary N) is 1. The number of hydrogen-bond donors (Lipinski definition) is 1. The first kappa shape index (κ1) is 10.7. The highest BCUT2D eigenvalue weighted by molar-refractivity contribution is 6.00. The maximum atomic E-state index is 12.4. The Hall–Kier alpha value is -0.830. The molecule has 0 aromatic carbocycles. The Labute approximate surface area is 90.9 Å². The van der Waals surface area contributed by atoms with E-state index in [0.717, 1.165) is 44.3 Å². The number of piperidine rings is 1. The Morgan fingerprint density at radius 1 is 1.67 bits per heavy atom. The van der Waals surface area contributed by atoms with Crippen LogP contribution < -0.4 is 5.32 Å². The molecule has 0 amide bonds. The monoisotopic (exact) mass is 209 g/mol. The standard InChI is InChI=1S/C12H19NO2/c1-2-12(5-3-6-13-9-12)11(14)10-4-7-15-8-10/h8,13H,2-7,9H2,1H3. The van der Waals surface area contributed by atoms with Gasteiger partial charge in [0, 0.05) is 24.0 Å². The summed E-state index contributed by atoms with van der Waals surface area (Å²) in [7, 11) is 0. The quantitative estimate of drug-likeness (QED) is 0.768. The molecule has 1 unspecified atom stereocenters. The Morgan fingerprint density at radius 2 is 2.53 bits per heavy atom. The van der Waals surface area contributed by atoms with Gasteiger partial charge < -0.3 is 10.1 Å². The Kier molecular flexibility index (Phi) is 3.10. The van der Waals surface area contributed by atoms with Gasteiger partial charge in [-0.25, -0.2) is 0 Å². The predicted molar refractivity (Wildman–Crippen MR) is 58.5 cm³/mol. The molecule has 2 aliphatic rings. The van der Waals surface area contributed by atoms with Crippen LogP contribution in [0.15, 0.2) is 11.8 Å². The number of Topliss-reactive ketones (excluding diaryl/α,β-unsaturated/α-hetero) is 1. The van der Waals surface area contributed by atoms with Crippen molar-refractivity contribution in [3.05, 3.63) is 11.8 Å². The zero-order valence-corrected chi connectivity index (χ0v) is 9.34. The van der Waals surface area contributed by atoms with Crippen LogP contribution in [0.4, 0.5) is 0 Å². The predicted octanol–water partition coefficient (Wildman–Crippen LogP) is 1.64. The van der Waals surface area contributed by atoms with Gasteiger partial charge in [-0.05, 0) is 25.8 Å². The Balaban J connectivity index is 2.13. The van der Waals surface area contributed by atoms with Crippen molar-refractivity contribution in [2.75, 3.05) is 19.7 Å². The van der Waals surface area contributed by atoms with E-state index < -0.39 is 0 Å². The molecular formula is C12H19NO2. The van der Waals surface area contributed by atoms with Gasteiger partial charge in [0.05, 0.1) is 12.9 Å². The number of ketones is 1. The van der Waals surface area contributed by atoms with E-state index >= 15 is 0 Å². The van der Waals surface area contributed by atoms with Crippen molar-refractivity contribution in [3.8, 4) is 0 Å². The molecule has 3 heteroatoms. The van der Waals surface area contributed by atoms with Crippen LogP contribution in [0.5, 0.6) is 0 Å². The van der Waals surface area contributed by atoms with Crippen LogP contribution in [-0.2, 0) is 9.53 Å². The van der Waals surface area contributed by atoms with E-state index in [-0.39, 0.29) is 5.41 Å². The van der Waals surface area contributed by atoms with Gasteiger partial charge in [0.25, 0.3) is 0 Å². The minimum Gasteiger partial charge on any atom is -0.500 e. The summed E-state index contributed by atoms with van der Waals surface area (Å²) >= 11 is 0. The van der Waals surface area contributed by atoms with Crippen LogP contribution in [0.1, 0.15) is 32.6 Å². The van der Waals surface area contributed by atoms with Crippen molar-refractivity contribution in [3.63, 3.8) is 0 Å². The summed E-state index contributed by atoms with van der Waals surface area (Å²) in [4.78, 5) is 12.4. The molecule has 3 nitrogen and oxygen atoms in total. The smallest absolute Gasteiger partial charge is 0.169 e. The summed E-state index contributed by atoms with van der Waals surface area (Å²) < 4.78 is 5.16. The van der Waals surface area contributed by atoms with Crippen LogP contribution in [0.3, 0.4) is 0 Å². The van der Waals surface area contributed by atoms with E-state index in [4.69, 9.17) is 4.74 Å². The van der Waals surface area contributed by atoms with E-state index in [1.807, 2.05) is 0 Å². The molecule has 2 rings (SSSR count). The third-order valence-electron chi connectivity index (χ3n) is 3.64. The van der Waals surface area contributed by atoms with Crippen molar-refractivity contribution in [1.29, 1.82) is 0 Å². The molecule has 0 bridgehead atoms. The van der Waals surface area contributed by atoms with Crippen molar-refractivity contribution < 1.29 is 9.53 Å². The molecule has 1 atom stereocenters. The van der Waals surface area contributed by atoms with Crippen molar-refractivity contribution >= 4 is 5.78 Å². The van der Waals surface area contributed by atoms with Crippen LogP contribution in [0.2, 0.25) is 0 Å². The summed E-state index contributed by atoms with van der Waals surface area (Å²) in [5.74, 6) is 0.315. The lowest BCUT2D eigenvalue weighted by Gasteiger charge is -2.35. The van der Waals surface area contributed by atoms with Crippen LogP contribution in [-0.4, -0.2) is 25.5 Å². The number of ether oxygens (including phenoxy) is 1. The number of rotatable bonds is 3. The highest BCUT2D eigenvalue weighted by Crippen LogP contribution is 2.35. The summed E-state index contributed by atoms with van der Waals surface area (Å²) in [6.07, 6.45) is 5.51. The lowest BCUT2D eigenvalue weighted by Crippen LogP contribution is -2.45. The second-order valence-corrected chi connectivity index (χ2v) is 4.51. The molecule has 2 aliphatic heterocycles. The second kappa shape index (κ2) is 4.35. The van der Waals surface area contributed by atoms with Gasteiger partial charge in [-0.2, -0.15) is 0 Å². The summed E-state index contributed by atoms with van der Waals surface area (Å²) in [5.41, 5.74) is 0.734. The molecule has 1 fully saturated rings. The molecule has 1 N–H and O–H groups in total. The molecule has 15 heavy (non-hydrogen) atoms. The Morgan fingerprint density at radius 3 is 3.07 bits per heavy atom. The van der Waals surface area contributed by atoms with Gasteiger partial charge in [0.15, 0.2) is 5.78 Å². The number of carbonyl (C=O) groups is 1. The minimum absolute atomic E-state index is 0.155. The van der Waals surface area contributed by atoms with Crippen LogP contribution >= 0.6 is 0 Å². The SMILES string of the molecule is CCC1(C(=O)C2=COCC2)CCCNC1.